The number of rotatable bonds is 5. The van der Waals surface area contributed by atoms with E-state index < -0.39 is 0 Å². The summed E-state index contributed by atoms with van der Waals surface area (Å²) in [5, 5.41) is 3.30. The van der Waals surface area contributed by atoms with Gasteiger partial charge in [0.2, 0.25) is 0 Å². The summed E-state index contributed by atoms with van der Waals surface area (Å²) < 4.78 is 16.4. The van der Waals surface area contributed by atoms with E-state index in [2.05, 4.69) is 15.2 Å². The summed E-state index contributed by atoms with van der Waals surface area (Å²) >= 11 is 0. The van der Waals surface area contributed by atoms with Crippen molar-refractivity contribution in [3.05, 3.63) is 0 Å². The van der Waals surface area contributed by atoms with Crippen LogP contribution in [0.2, 0.25) is 0 Å². The van der Waals surface area contributed by atoms with E-state index in [0.29, 0.717) is 13.2 Å². The molecule has 0 aromatic rings. The highest BCUT2D eigenvalue weighted by Crippen LogP contribution is 2.21. The van der Waals surface area contributed by atoms with Gasteiger partial charge in [-0.3, -0.25) is 9.79 Å². The topological polar surface area (TPSA) is 72.4 Å². The van der Waals surface area contributed by atoms with Crippen LogP contribution >= 0.6 is 0 Å². The van der Waals surface area contributed by atoms with Crippen molar-refractivity contribution in [2.45, 2.75) is 38.9 Å². The van der Waals surface area contributed by atoms with Gasteiger partial charge in [0.05, 0.1) is 32.3 Å². The molecule has 3 unspecified atom stereocenters. The first-order valence-electron chi connectivity index (χ1n) is 8.50. The molecule has 7 nitrogen and oxygen atoms in total. The lowest BCUT2D eigenvalue weighted by Gasteiger charge is -2.37. The van der Waals surface area contributed by atoms with Crippen LogP contribution in [-0.2, 0) is 19.0 Å². The molecule has 0 amide bonds. The van der Waals surface area contributed by atoms with Gasteiger partial charge in [-0.15, -0.1) is 0 Å². The van der Waals surface area contributed by atoms with Crippen molar-refractivity contribution < 1.29 is 19.0 Å². The molecule has 132 valence electrons. The zero-order chi connectivity index (χ0) is 16.7. The number of esters is 1. The summed E-state index contributed by atoms with van der Waals surface area (Å²) in [6.07, 6.45) is 2.45. The molecule has 0 aliphatic carbocycles. The van der Waals surface area contributed by atoms with Gasteiger partial charge in [-0.25, -0.2) is 0 Å². The summed E-state index contributed by atoms with van der Waals surface area (Å²) in [6.45, 7) is 8.12. The third-order valence-electron chi connectivity index (χ3n) is 4.23. The van der Waals surface area contributed by atoms with Gasteiger partial charge in [0.1, 0.15) is 6.10 Å². The first-order chi connectivity index (χ1) is 11.2. The summed E-state index contributed by atoms with van der Waals surface area (Å²) in [6, 6.07) is 0. The highest BCUT2D eigenvalue weighted by molar-refractivity contribution is 5.80. The Morgan fingerprint density at radius 1 is 1.39 bits per heavy atom. The number of guanidine groups is 1. The second-order valence-corrected chi connectivity index (χ2v) is 6.03. The molecule has 2 saturated heterocycles. The molecule has 0 aromatic heterocycles. The first kappa shape index (κ1) is 18.0. The van der Waals surface area contributed by atoms with Gasteiger partial charge in [0.15, 0.2) is 5.96 Å². The van der Waals surface area contributed by atoms with Crippen LogP contribution in [0, 0.1) is 5.92 Å². The molecular formula is C16H29N3O4. The smallest absolute Gasteiger partial charge is 0.310 e. The van der Waals surface area contributed by atoms with Crippen LogP contribution in [0.5, 0.6) is 0 Å². The molecule has 0 saturated carbocycles. The molecule has 0 bridgehead atoms. The van der Waals surface area contributed by atoms with E-state index in [1.807, 2.05) is 13.8 Å². The monoisotopic (exact) mass is 327 g/mol. The van der Waals surface area contributed by atoms with E-state index in [1.165, 1.54) is 7.11 Å². The van der Waals surface area contributed by atoms with Gasteiger partial charge >= 0.3 is 5.97 Å². The lowest BCUT2D eigenvalue weighted by atomic mass is 10.1. The number of ether oxygens (including phenoxy) is 3. The summed E-state index contributed by atoms with van der Waals surface area (Å²) in [7, 11) is 1.40. The molecule has 2 aliphatic heterocycles. The number of hydrogen-bond donors (Lipinski definition) is 1. The van der Waals surface area contributed by atoms with E-state index >= 15 is 0 Å². The van der Waals surface area contributed by atoms with Crippen molar-refractivity contribution in [3.63, 3.8) is 0 Å². The molecule has 0 aromatic carbocycles. The Morgan fingerprint density at radius 2 is 2.17 bits per heavy atom. The third kappa shape index (κ3) is 5.07. The normalized spacial score (nSPS) is 26.9. The Labute approximate surface area is 138 Å². The fourth-order valence-electron chi connectivity index (χ4n) is 2.91. The number of carbonyl (C=O) groups excluding carboxylic acids is 1. The number of nitrogens with zero attached hydrogens (tertiary/aromatic N) is 2. The molecule has 2 fully saturated rings. The Kier molecular flexibility index (Phi) is 7.11. The van der Waals surface area contributed by atoms with Gasteiger partial charge in [0, 0.05) is 26.2 Å². The van der Waals surface area contributed by atoms with Gasteiger partial charge in [-0.1, -0.05) is 6.92 Å². The van der Waals surface area contributed by atoms with Crippen molar-refractivity contribution >= 4 is 11.9 Å². The standard InChI is InChI=1S/C16H29N3O4/c1-4-17-16(18-10-12(2)15(20)21-3)19-7-9-23-14(11-19)13-6-5-8-22-13/h12-14H,4-11H2,1-3H3,(H,17,18). The van der Waals surface area contributed by atoms with Crippen molar-refractivity contribution in [1.82, 2.24) is 10.2 Å². The van der Waals surface area contributed by atoms with E-state index in [-0.39, 0.29) is 24.1 Å². The van der Waals surface area contributed by atoms with E-state index in [1.54, 1.807) is 0 Å². The molecule has 1 N–H and O–H groups in total. The molecule has 0 spiro atoms. The second-order valence-electron chi connectivity index (χ2n) is 6.03. The van der Waals surface area contributed by atoms with E-state index in [4.69, 9.17) is 14.2 Å². The summed E-state index contributed by atoms with van der Waals surface area (Å²) in [5.41, 5.74) is 0. The Hall–Kier alpha value is -1.34. The maximum atomic E-state index is 11.5. The number of hydrogen-bond acceptors (Lipinski definition) is 5. The fraction of sp³-hybridized carbons (Fsp3) is 0.875. The van der Waals surface area contributed by atoms with Crippen LogP contribution < -0.4 is 5.32 Å². The molecule has 7 heteroatoms. The molecule has 2 heterocycles. The third-order valence-corrected chi connectivity index (χ3v) is 4.23. The van der Waals surface area contributed by atoms with Gasteiger partial charge in [-0.05, 0) is 19.8 Å². The van der Waals surface area contributed by atoms with Crippen LogP contribution in [-0.4, -0.2) is 75.5 Å². The van der Waals surface area contributed by atoms with Crippen molar-refractivity contribution in [3.8, 4) is 0 Å². The van der Waals surface area contributed by atoms with Crippen molar-refractivity contribution in [1.29, 1.82) is 0 Å². The minimum absolute atomic E-state index is 0.0909. The highest BCUT2D eigenvalue weighted by Gasteiger charge is 2.32. The maximum Gasteiger partial charge on any atom is 0.310 e. The fourth-order valence-corrected chi connectivity index (χ4v) is 2.91. The number of morpholine rings is 1. The number of methoxy groups -OCH3 is 1. The lowest BCUT2D eigenvalue weighted by molar-refractivity contribution is -0.144. The Bertz CT molecular complexity index is 410. The van der Waals surface area contributed by atoms with Crippen LogP contribution in [0.4, 0.5) is 0 Å². The molecular weight excluding hydrogens is 298 g/mol. The highest BCUT2D eigenvalue weighted by atomic mass is 16.5. The van der Waals surface area contributed by atoms with Gasteiger partial charge < -0.3 is 24.4 Å². The number of carbonyl (C=O) groups is 1. The zero-order valence-corrected chi connectivity index (χ0v) is 14.4. The Morgan fingerprint density at radius 3 is 2.83 bits per heavy atom. The molecule has 23 heavy (non-hydrogen) atoms. The quantitative estimate of drug-likeness (QED) is 0.454. The summed E-state index contributed by atoms with van der Waals surface area (Å²) in [5.74, 6) is 0.349. The van der Waals surface area contributed by atoms with Crippen LogP contribution in [0.25, 0.3) is 0 Å². The van der Waals surface area contributed by atoms with Crippen molar-refractivity contribution in [2.75, 3.05) is 46.5 Å². The number of nitrogens with one attached hydrogen (secondary N) is 1. The minimum atomic E-state index is -0.247. The largest absolute Gasteiger partial charge is 0.469 e. The average molecular weight is 327 g/mol. The molecule has 2 rings (SSSR count). The lowest BCUT2D eigenvalue weighted by Crippen LogP contribution is -2.53. The van der Waals surface area contributed by atoms with Crippen LogP contribution in [0.3, 0.4) is 0 Å². The first-order valence-corrected chi connectivity index (χ1v) is 8.50. The maximum absolute atomic E-state index is 11.5. The molecule has 3 atom stereocenters. The van der Waals surface area contributed by atoms with E-state index in [9.17, 15) is 4.79 Å². The van der Waals surface area contributed by atoms with Crippen molar-refractivity contribution in [2.24, 2.45) is 10.9 Å². The summed E-state index contributed by atoms with van der Waals surface area (Å²) in [4.78, 5) is 18.3. The average Bonchev–Trinajstić information content (AvgIpc) is 3.12. The SMILES string of the molecule is CCNC(=NCC(C)C(=O)OC)N1CCOC(C2CCCO2)C1. The van der Waals surface area contributed by atoms with Gasteiger partial charge in [-0.2, -0.15) is 0 Å². The predicted octanol–water partition coefficient (Wildman–Crippen LogP) is 0.641. The zero-order valence-electron chi connectivity index (χ0n) is 14.4. The van der Waals surface area contributed by atoms with E-state index in [0.717, 1.165) is 45.0 Å². The van der Waals surface area contributed by atoms with Gasteiger partial charge in [0.25, 0.3) is 0 Å². The molecule has 0 radical (unpaired) electrons. The van der Waals surface area contributed by atoms with Crippen LogP contribution in [0.1, 0.15) is 26.7 Å². The van der Waals surface area contributed by atoms with Crippen LogP contribution in [0.15, 0.2) is 4.99 Å². The number of aliphatic imine (C=N–C) groups is 1. The predicted molar refractivity (Wildman–Crippen MR) is 87.4 cm³/mol. The molecule has 2 aliphatic rings. The second kappa shape index (κ2) is 9.08. The minimum Gasteiger partial charge on any atom is -0.469 e. The Balaban J connectivity index is 1.96.